The molecule has 2 aromatic carbocycles. The average molecular weight is 327 g/mol. The predicted molar refractivity (Wildman–Crippen MR) is 93.7 cm³/mol. The number of hydrogen-bond acceptors (Lipinski definition) is 3. The van der Waals surface area contributed by atoms with Crippen molar-refractivity contribution in [3.05, 3.63) is 77.2 Å². The van der Waals surface area contributed by atoms with Gasteiger partial charge in [-0.1, -0.05) is 30.3 Å². The lowest BCUT2D eigenvalue weighted by Crippen LogP contribution is -2.28. The molecule has 4 heteroatoms. The Morgan fingerprint density at radius 2 is 2.04 bits per heavy atom. The summed E-state index contributed by atoms with van der Waals surface area (Å²) >= 11 is 0. The first kappa shape index (κ1) is 14.4. The molecule has 3 aromatic rings. The molecule has 5 rings (SSSR count). The molecular weight excluding hydrogens is 310 g/mol. The van der Waals surface area contributed by atoms with E-state index in [1.807, 2.05) is 24.7 Å². The normalized spacial score (nSPS) is 23.4. The van der Waals surface area contributed by atoms with Crippen LogP contribution >= 0.6 is 0 Å². The van der Waals surface area contributed by atoms with Gasteiger partial charge >= 0.3 is 0 Å². The molecule has 0 saturated heterocycles. The maximum absolute atomic E-state index is 11.1. The summed E-state index contributed by atoms with van der Waals surface area (Å²) < 4.78 is 2.20. The van der Waals surface area contributed by atoms with Gasteiger partial charge < -0.3 is 9.67 Å². The maximum atomic E-state index is 11.1. The summed E-state index contributed by atoms with van der Waals surface area (Å²) in [5.74, 6) is 0.0945. The van der Waals surface area contributed by atoms with Crippen molar-refractivity contribution in [2.24, 2.45) is 5.92 Å². The van der Waals surface area contributed by atoms with E-state index in [2.05, 4.69) is 39.9 Å². The summed E-state index contributed by atoms with van der Waals surface area (Å²) in [6, 6.07) is 16.3. The van der Waals surface area contributed by atoms with Gasteiger partial charge in [0.2, 0.25) is 0 Å². The topological polar surface area (TPSA) is 61.8 Å². The fourth-order valence-electron chi connectivity index (χ4n) is 4.53. The third-order valence-corrected chi connectivity index (χ3v) is 5.67. The summed E-state index contributed by atoms with van der Waals surface area (Å²) in [7, 11) is 0. The van der Waals surface area contributed by atoms with Gasteiger partial charge in [-0.3, -0.25) is 0 Å². The molecule has 1 aliphatic heterocycles. The SMILES string of the molecule is N#Cc1ccc2c(c1)CCC([C@H]1c3ccccc3-c3cncn31)C2O. The Hall–Kier alpha value is -2.90. The van der Waals surface area contributed by atoms with Gasteiger partial charge in [-0.05, 0) is 41.7 Å². The predicted octanol–water partition coefficient (Wildman–Crippen LogP) is 3.62. The van der Waals surface area contributed by atoms with Crippen LogP contribution in [0.3, 0.4) is 0 Å². The number of nitriles is 1. The van der Waals surface area contributed by atoms with E-state index >= 15 is 0 Å². The number of rotatable bonds is 1. The zero-order valence-electron chi connectivity index (χ0n) is 13.6. The minimum Gasteiger partial charge on any atom is -0.388 e. The third-order valence-electron chi connectivity index (χ3n) is 5.67. The number of imidazole rings is 1. The molecule has 0 amide bonds. The van der Waals surface area contributed by atoms with Gasteiger partial charge in [0, 0.05) is 11.5 Å². The minimum absolute atomic E-state index is 0.0945. The Morgan fingerprint density at radius 1 is 1.16 bits per heavy atom. The van der Waals surface area contributed by atoms with Crippen LogP contribution in [0.5, 0.6) is 0 Å². The molecule has 2 aliphatic rings. The molecule has 0 saturated carbocycles. The molecule has 0 radical (unpaired) electrons. The van der Waals surface area contributed by atoms with E-state index < -0.39 is 6.10 Å². The molecule has 0 fully saturated rings. The fourth-order valence-corrected chi connectivity index (χ4v) is 4.53. The summed E-state index contributed by atoms with van der Waals surface area (Å²) in [6.45, 7) is 0. The summed E-state index contributed by atoms with van der Waals surface area (Å²) in [5, 5.41) is 20.2. The first-order chi connectivity index (χ1) is 12.3. The minimum atomic E-state index is -0.539. The number of aliphatic hydroxyl groups excluding tert-OH is 1. The van der Waals surface area contributed by atoms with E-state index in [9.17, 15) is 5.11 Å². The first-order valence-corrected chi connectivity index (χ1v) is 8.60. The van der Waals surface area contributed by atoms with E-state index in [4.69, 9.17) is 5.26 Å². The molecule has 25 heavy (non-hydrogen) atoms. The van der Waals surface area contributed by atoms with E-state index in [1.165, 1.54) is 11.1 Å². The standard InChI is InChI=1S/C21H17N3O/c22-10-13-5-7-15-14(9-13)6-8-18(21(15)25)20-17-4-2-1-3-16(17)19-11-23-12-24(19)20/h1-5,7,9,11-12,18,20-21,25H,6,8H2/t18?,20-,21?/m1/s1. The van der Waals surface area contributed by atoms with Crippen LogP contribution in [0, 0.1) is 17.2 Å². The fraction of sp³-hybridized carbons (Fsp3) is 0.238. The van der Waals surface area contributed by atoms with Crippen LogP contribution in [0.15, 0.2) is 55.0 Å². The highest BCUT2D eigenvalue weighted by atomic mass is 16.3. The van der Waals surface area contributed by atoms with Gasteiger partial charge in [-0.15, -0.1) is 0 Å². The van der Waals surface area contributed by atoms with Crippen molar-refractivity contribution >= 4 is 0 Å². The molecule has 122 valence electrons. The van der Waals surface area contributed by atoms with Gasteiger partial charge in [0.15, 0.2) is 0 Å². The van der Waals surface area contributed by atoms with Crippen molar-refractivity contribution < 1.29 is 5.11 Å². The smallest absolute Gasteiger partial charge is 0.0991 e. The lowest BCUT2D eigenvalue weighted by Gasteiger charge is -2.35. The van der Waals surface area contributed by atoms with Gasteiger partial charge in [0.1, 0.15) is 0 Å². The van der Waals surface area contributed by atoms with Crippen molar-refractivity contribution in [2.45, 2.75) is 25.0 Å². The second-order valence-electron chi connectivity index (χ2n) is 6.89. The Labute approximate surface area is 146 Å². The number of aromatic nitrogens is 2. The van der Waals surface area contributed by atoms with Gasteiger partial charge in [-0.25, -0.2) is 4.98 Å². The van der Waals surface area contributed by atoms with Crippen LogP contribution < -0.4 is 0 Å². The van der Waals surface area contributed by atoms with Crippen LogP contribution in [0.4, 0.5) is 0 Å². The highest BCUT2D eigenvalue weighted by Crippen LogP contribution is 2.49. The number of nitrogens with zero attached hydrogens (tertiary/aromatic N) is 3. The Kier molecular flexibility index (Phi) is 3.06. The molecule has 0 spiro atoms. The summed E-state index contributed by atoms with van der Waals surface area (Å²) in [5.41, 5.74) is 6.32. The van der Waals surface area contributed by atoms with Crippen LogP contribution in [0.25, 0.3) is 11.3 Å². The van der Waals surface area contributed by atoms with Crippen LogP contribution in [-0.4, -0.2) is 14.7 Å². The molecule has 3 atom stereocenters. The highest BCUT2D eigenvalue weighted by molar-refractivity contribution is 5.69. The average Bonchev–Trinajstić information content (AvgIpc) is 3.23. The number of aliphatic hydroxyl groups is 1. The number of hydrogen-bond donors (Lipinski definition) is 1. The third kappa shape index (κ3) is 2.00. The van der Waals surface area contributed by atoms with Crippen molar-refractivity contribution in [1.29, 1.82) is 5.26 Å². The van der Waals surface area contributed by atoms with Gasteiger partial charge in [-0.2, -0.15) is 5.26 Å². The van der Waals surface area contributed by atoms with Crippen molar-refractivity contribution in [2.75, 3.05) is 0 Å². The van der Waals surface area contributed by atoms with Gasteiger partial charge in [0.05, 0.1) is 42.0 Å². The van der Waals surface area contributed by atoms with E-state index in [0.717, 1.165) is 29.7 Å². The van der Waals surface area contributed by atoms with E-state index in [-0.39, 0.29) is 12.0 Å². The highest BCUT2D eigenvalue weighted by Gasteiger charge is 2.40. The van der Waals surface area contributed by atoms with E-state index in [0.29, 0.717) is 5.56 Å². The van der Waals surface area contributed by atoms with Crippen molar-refractivity contribution in [3.8, 4) is 17.3 Å². The maximum Gasteiger partial charge on any atom is 0.0991 e. The molecule has 1 N–H and O–H groups in total. The molecule has 1 aromatic heterocycles. The zero-order chi connectivity index (χ0) is 17.0. The molecule has 1 aliphatic carbocycles. The number of aryl methyl sites for hydroxylation is 1. The van der Waals surface area contributed by atoms with Crippen molar-refractivity contribution in [1.82, 2.24) is 9.55 Å². The molecule has 4 nitrogen and oxygen atoms in total. The second-order valence-corrected chi connectivity index (χ2v) is 6.89. The lowest BCUT2D eigenvalue weighted by atomic mass is 9.75. The zero-order valence-corrected chi connectivity index (χ0v) is 13.6. The Morgan fingerprint density at radius 3 is 2.92 bits per heavy atom. The second kappa shape index (κ2) is 5.30. The first-order valence-electron chi connectivity index (χ1n) is 8.60. The Balaban J connectivity index is 1.60. The number of fused-ring (bicyclic) bond motifs is 4. The largest absolute Gasteiger partial charge is 0.388 e. The van der Waals surface area contributed by atoms with E-state index in [1.54, 1.807) is 6.07 Å². The summed E-state index contributed by atoms with van der Waals surface area (Å²) in [4.78, 5) is 4.33. The molecule has 0 bridgehead atoms. The molecule has 2 heterocycles. The monoisotopic (exact) mass is 327 g/mol. The summed E-state index contributed by atoms with van der Waals surface area (Å²) in [6.07, 6.45) is 5.01. The van der Waals surface area contributed by atoms with Crippen LogP contribution in [0.1, 0.15) is 40.8 Å². The van der Waals surface area contributed by atoms with Crippen LogP contribution in [0.2, 0.25) is 0 Å². The van der Waals surface area contributed by atoms with Crippen molar-refractivity contribution in [3.63, 3.8) is 0 Å². The molecular formula is C21H17N3O. The quantitative estimate of drug-likeness (QED) is 0.742. The van der Waals surface area contributed by atoms with Crippen LogP contribution in [-0.2, 0) is 6.42 Å². The Bertz CT molecular complexity index is 1010. The number of benzene rings is 2. The van der Waals surface area contributed by atoms with Gasteiger partial charge in [0.25, 0.3) is 0 Å². The molecule has 2 unspecified atom stereocenters. The lowest BCUT2D eigenvalue weighted by molar-refractivity contribution is 0.0720.